The normalized spacial score (nSPS) is 9.93. The van der Waals surface area contributed by atoms with Gasteiger partial charge in [-0.05, 0) is 12.1 Å². The maximum Gasteiger partial charge on any atom is 0.316 e. The number of aromatic nitrogens is 2. The molecule has 1 aromatic heterocycles. The minimum absolute atomic E-state index is 0.343. The molecule has 0 atom stereocenters. The van der Waals surface area contributed by atoms with Gasteiger partial charge in [0, 0.05) is 17.4 Å². The van der Waals surface area contributed by atoms with Crippen LogP contribution < -0.4 is 10.5 Å². The summed E-state index contributed by atoms with van der Waals surface area (Å²) in [5.74, 6) is 0. The lowest BCUT2D eigenvalue weighted by Crippen LogP contribution is -1.95. The second-order valence-corrected chi connectivity index (χ2v) is 3.02. The second-order valence-electron chi connectivity index (χ2n) is 3.02. The summed E-state index contributed by atoms with van der Waals surface area (Å²) in [6, 6.07) is 9.70. The van der Waals surface area contributed by atoms with E-state index in [4.69, 9.17) is 10.5 Å². The van der Waals surface area contributed by atoms with Gasteiger partial charge in [0.2, 0.25) is 0 Å². The number of nitrogens with two attached hydrogens (primary N) is 1. The van der Waals surface area contributed by atoms with Crippen LogP contribution in [0.3, 0.4) is 0 Å². The molecule has 0 amide bonds. The van der Waals surface area contributed by atoms with Gasteiger partial charge >= 0.3 is 6.01 Å². The van der Waals surface area contributed by atoms with Crippen molar-refractivity contribution in [1.29, 1.82) is 0 Å². The van der Waals surface area contributed by atoms with Gasteiger partial charge in [0.05, 0.1) is 12.8 Å². The molecule has 0 saturated heterocycles. The number of rotatable bonds is 2. The molecule has 1 heterocycles. The van der Waals surface area contributed by atoms with Crippen molar-refractivity contribution in [3.63, 3.8) is 0 Å². The minimum Gasteiger partial charge on any atom is -0.467 e. The Hall–Kier alpha value is -2.10. The molecule has 4 heteroatoms. The van der Waals surface area contributed by atoms with Gasteiger partial charge in [-0.15, -0.1) is 0 Å². The van der Waals surface area contributed by atoms with E-state index in [0.717, 1.165) is 11.3 Å². The number of para-hydroxylation sites is 1. The van der Waals surface area contributed by atoms with Crippen molar-refractivity contribution >= 4 is 5.69 Å². The molecule has 2 aromatic rings. The Kier molecular flexibility index (Phi) is 2.49. The fourth-order valence-electron chi connectivity index (χ4n) is 1.32. The van der Waals surface area contributed by atoms with Gasteiger partial charge in [0.1, 0.15) is 0 Å². The van der Waals surface area contributed by atoms with Crippen LogP contribution in [0.1, 0.15) is 0 Å². The van der Waals surface area contributed by atoms with E-state index >= 15 is 0 Å². The van der Waals surface area contributed by atoms with E-state index in [-0.39, 0.29) is 0 Å². The second kappa shape index (κ2) is 3.96. The summed E-state index contributed by atoms with van der Waals surface area (Å²) in [6.45, 7) is 0. The number of nitrogens with zero attached hydrogens (tertiary/aromatic N) is 2. The number of methoxy groups -OCH3 is 1. The molecular weight excluding hydrogens is 190 g/mol. The van der Waals surface area contributed by atoms with Crippen LogP contribution in [0.5, 0.6) is 6.01 Å². The van der Waals surface area contributed by atoms with E-state index in [1.165, 1.54) is 7.11 Å². The molecule has 2 N–H and O–H groups in total. The van der Waals surface area contributed by atoms with Gasteiger partial charge in [-0.2, -0.15) is 4.98 Å². The zero-order valence-corrected chi connectivity index (χ0v) is 8.34. The van der Waals surface area contributed by atoms with E-state index in [9.17, 15) is 0 Å². The average molecular weight is 201 g/mol. The standard InChI is InChI=1S/C11H11N3O/c1-15-11-13-7-6-10(14-11)8-4-2-3-5-9(8)12/h2-7H,12H2,1H3. The largest absolute Gasteiger partial charge is 0.467 e. The molecule has 0 aliphatic carbocycles. The smallest absolute Gasteiger partial charge is 0.316 e. The highest BCUT2D eigenvalue weighted by Crippen LogP contribution is 2.23. The van der Waals surface area contributed by atoms with Crippen molar-refractivity contribution < 1.29 is 4.74 Å². The van der Waals surface area contributed by atoms with Crippen LogP contribution in [0.15, 0.2) is 36.5 Å². The Morgan fingerprint density at radius 1 is 1.20 bits per heavy atom. The first-order valence-electron chi connectivity index (χ1n) is 4.53. The third-order valence-corrected chi connectivity index (χ3v) is 2.05. The molecule has 0 radical (unpaired) electrons. The third-order valence-electron chi connectivity index (χ3n) is 2.05. The number of nitrogen functional groups attached to an aromatic ring is 1. The number of hydrogen-bond acceptors (Lipinski definition) is 4. The Morgan fingerprint density at radius 2 is 2.00 bits per heavy atom. The number of ether oxygens (including phenoxy) is 1. The van der Waals surface area contributed by atoms with Crippen LogP contribution in [0.2, 0.25) is 0 Å². The van der Waals surface area contributed by atoms with E-state index in [1.54, 1.807) is 12.3 Å². The highest BCUT2D eigenvalue weighted by molar-refractivity contribution is 5.73. The lowest BCUT2D eigenvalue weighted by molar-refractivity contribution is 0.380. The van der Waals surface area contributed by atoms with Crippen molar-refractivity contribution in [3.8, 4) is 17.3 Å². The maximum absolute atomic E-state index is 5.84. The van der Waals surface area contributed by atoms with Crippen molar-refractivity contribution in [3.05, 3.63) is 36.5 Å². The zero-order chi connectivity index (χ0) is 10.7. The zero-order valence-electron chi connectivity index (χ0n) is 8.34. The Labute approximate surface area is 87.7 Å². The molecule has 0 bridgehead atoms. The summed E-state index contributed by atoms with van der Waals surface area (Å²) in [5.41, 5.74) is 8.19. The predicted octanol–water partition coefficient (Wildman–Crippen LogP) is 1.73. The molecule has 0 fully saturated rings. The summed E-state index contributed by atoms with van der Waals surface area (Å²) in [4.78, 5) is 8.15. The lowest BCUT2D eigenvalue weighted by atomic mass is 10.1. The molecule has 0 aliphatic rings. The minimum atomic E-state index is 0.343. The fraction of sp³-hybridized carbons (Fsp3) is 0.0909. The highest BCUT2D eigenvalue weighted by atomic mass is 16.5. The Bertz CT molecular complexity index is 471. The average Bonchev–Trinajstić information content (AvgIpc) is 2.30. The monoisotopic (exact) mass is 201 g/mol. The summed E-state index contributed by atoms with van der Waals surface area (Å²) in [7, 11) is 1.54. The van der Waals surface area contributed by atoms with E-state index in [1.807, 2.05) is 24.3 Å². The van der Waals surface area contributed by atoms with Gasteiger partial charge in [0.25, 0.3) is 0 Å². The molecule has 0 saturated carbocycles. The van der Waals surface area contributed by atoms with Gasteiger partial charge in [-0.3, -0.25) is 0 Å². The van der Waals surface area contributed by atoms with Crippen molar-refractivity contribution in [2.45, 2.75) is 0 Å². The van der Waals surface area contributed by atoms with Gasteiger partial charge < -0.3 is 10.5 Å². The molecule has 4 nitrogen and oxygen atoms in total. The molecule has 15 heavy (non-hydrogen) atoms. The molecule has 0 aliphatic heterocycles. The third kappa shape index (κ3) is 1.88. The van der Waals surface area contributed by atoms with Crippen LogP contribution >= 0.6 is 0 Å². The van der Waals surface area contributed by atoms with E-state index < -0.39 is 0 Å². The van der Waals surface area contributed by atoms with Crippen LogP contribution in [0.4, 0.5) is 5.69 Å². The molecule has 76 valence electrons. The summed E-state index contributed by atoms with van der Waals surface area (Å²) < 4.78 is 4.95. The summed E-state index contributed by atoms with van der Waals surface area (Å²) >= 11 is 0. The molecule has 2 rings (SSSR count). The predicted molar refractivity (Wildman–Crippen MR) is 58.4 cm³/mol. The van der Waals surface area contributed by atoms with Crippen LogP contribution in [-0.2, 0) is 0 Å². The van der Waals surface area contributed by atoms with Crippen molar-refractivity contribution in [1.82, 2.24) is 9.97 Å². The number of benzene rings is 1. The van der Waals surface area contributed by atoms with Gasteiger partial charge in [0.15, 0.2) is 0 Å². The number of hydrogen-bond donors (Lipinski definition) is 1. The first-order chi connectivity index (χ1) is 7.31. The first kappa shape index (κ1) is 9.45. The molecular formula is C11H11N3O. The maximum atomic E-state index is 5.84. The van der Waals surface area contributed by atoms with Crippen molar-refractivity contribution in [2.75, 3.05) is 12.8 Å². The van der Waals surface area contributed by atoms with Crippen molar-refractivity contribution in [2.24, 2.45) is 0 Å². The fourth-order valence-corrected chi connectivity index (χ4v) is 1.32. The molecule has 1 aromatic carbocycles. The summed E-state index contributed by atoms with van der Waals surface area (Å²) in [5, 5.41) is 0. The van der Waals surface area contributed by atoms with Crippen LogP contribution in [0.25, 0.3) is 11.3 Å². The topological polar surface area (TPSA) is 61.0 Å². The van der Waals surface area contributed by atoms with E-state index in [0.29, 0.717) is 11.7 Å². The highest BCUT2D eigenvalue weighted by Gasteiger charge is 2.04. The molecule has 0 spiro atoms. The summed E-state index contributed by atoms with van der Waals surface area (Å²) in [6.07, 6.45) is 1.65. The van der Waals surface area contributed by atoms with Crippen LogP contribution in [0, 0.1) is 0 Å². The first-order valence-corrected chi connectivity index (χ1v) is 4.53. The quantitative estimate of drug-likeness (QED) is 0.752. The van der Waals surface area contributed by atoms with Crippen LogP contribution in [-0.4, -0.2) is 17.1 Å². The van der Waals surface area contributed by atoms with E-state index in [2.05, 4.69) is 9.97 Å². The number of anilines is 1. The lowest BCUT2D eigenvalue weighted by Gasteiger charge is -2.05. The molecule has 0 unspecified atom stereocenters. The van der Waals surface area contributed by atoms with Gasteiger partial charge in [-0.25, -0.2) is 4.98 Å². The Balaban J connectivity index is 2.49. The SMILES string of the molecule is COc1nccc(-c2ccccc2N)n1. The van der Waals surface area contributed by atoms with Gasteiger partial charge in [-0.1, -0.05) is 18.2 Å². The Morgan fingerprint density at radius 3 is 2.73 bits per heavy atom.